The van der Waals surface area contributed by atoms with Crippen molar-refractivity contribution in [3.8, 4) is 0 Å². The SMILES string of the molecule is C=CC[O][Sn]([O]CC=C)([O]CC=C)[O]CC=C. The van der Waals surface area contributed by atoms with Crippen LogP contribution in [-0.2, 0) is 12.3 Å². The monoisotopic (exact) mass is 348 g/mol. The van der Waals surface area contributed by atoms with E-state index >= 15 is 0 Å². The van der Waals surface area contributed by atoms with E-state index in [1.54, 1.807) is 24.3 Å². The van der Waals surface area contributed by atoms with Gasteiger partial charge in [0.25, 0.3) is 0 Å². The van der Waals surface area contributed by atoms with Crippen molar-refractivity contribution < 1.29 is 12.3 Å². The Bertz CT molecular complexity index is 199. The summed E-state index contributed by atoms with van der Waals surface area (Å²) in [7, 11) is 0. The summed E-state index contributed by atoms with van der Waals surface area (Å²) in [5.74, 6) is 0. The van der Waals surface area contributed by atoms with Crippen LogP contribution in [0, 0.1) is 0 Å². The molecule has 0 heterocycles. The second-order valence-electron chi connectivity index (χ2n) is 2.90. The van der Waals surface area contributed by atoms with E-state index in [2.05, 4.69) is 26.3 Å². The van der Waals surface area contributed by atoms with Crippen LogP contribution in [-0.4, -0.2) is 46.5 Å². The van der Waals surface area contributed by atoms with Crippen molar-refractivity contribution in [2.45, 2.75) is 0 Å². The average molecular weight is 347 g/mol. The zero-order valence-corrected chi connectivity index (χ0v) is 13.0. The fourth-order valence-corrected chi connectivity index (χ4v) is 6.00. The van der Waals surface area contributed by atoms with Gasteiger partial charge in [0.05, 0.1) is 0 Å². The van der Waals surface area contributed by atoms with Gasteiger partial charge >= 0.3 is 109 Å². The molecule has 5 heteroatoms. The van der Waals surface area contributed by atoms with Gasteiger partial charge in [-0.3, -0.25) is 0 Å². The molecule has 96 valence electrons. The van der Waals surface area contributed by atoms with E-state index in [1.807, 2.05) is 0 Å². The molecule has 0 radical (unpaired) electrons. The molecule has 0 aromatic heterocycles. The van der Waals surface area contributed by atoms with Crippen LogP contribution in [0.3, 0.4) is 0 Å². The van der Waals surface area contributed by atoms with Crippen LogP contribution in [0.1, 0.15) is 0 Å². The second kappa shape index (κ2) is 10.7. The van der Waals surface area contributed by atoms with Crippen LogP contribution in [0.5, 0.6) is 0 Å². The zero-order chi connectivity index (χ0) is 13.0. The molecule has 0 saturated carbocycles. The molecule has 0 atom stereocenters. The maximum absolute atomic E-state index is 5.57. The molecule has 0 bridgehead atoms. The Balaban J connectivity index is 4.59. The number of hydrogen-bond acceptors (Lipinski definition) is 4. The van der Waals surface area contributed by atoms with Crippen molar-refractivity contribution in [1.82, 2.24) is 0 Å². The van der Waals surface area contributed by atoms with Gasteiger partial charge in [-0.05, 0) is 0 Å². The van der Waals surface area contributed by atoms with E-state index in [-0.39, 0.29) is 0 Å². The van der Waals surface area contributed by atoms with Crippen molar-refractivity contribution in [3.05, 3.63) is 50.6 Å². The van der Waals surface area contributed by atoms with Gasteiger partial charge in [-0.25, -0.2) is 0 Å². The Labute approximate surface area is 109 Å². The third-order valence-corrected chi connectivity index (χ3v) is 7.45. The molecule has 0 aliphatic rings. The van der Waals surface area contributed by atoms with Gasteiger partial charge in [-0.2, -0.15) is 0 Å². The first-order valence-corrected chi connectivity index (χ1v) is 9.90. The molecule has 0 aliphatic heterocycles. The fraction of sp³-hybridized carbons (Fsp3) is 0.333. The number of rotatable bonds is 12. The topological polar surface area (TPSA) is 36.9 Å². The summed E-state index contributed by atoms with van der Waals surface area (Å²) >= 11 is -3.98. The Morgan fingerprint density at radius 3 is 1.00 bits per heavy atom. The third-order valence-electron chi connectivity index (χ3n) is 1.51. The molecule has 0 spiro atoms. The molecule has 17 heavy (non-hydrogen) atoms. The Kier molecular flexibility index (Phi) is 10.5. The summed E-state index contributed by atoms with van der Waals surface area (Å²) in [5.41, 5.74) is 0. The van der Waals surface area contributed by atoms with Crippen LogP contribution in [0.4, 0.5) is 0 Å². The molecule has 0 rings (SSSR count). The number of hydrogen-bond donors (Lipinski definition) is 0. The summed E-state index contributed by atoms with van der Waals surface area (Å²) in [5, 5.41) is 0. The molecule has 4 nitrogen and oxygen atoms in total. The summed E-state index contributed by atoms with van der Waals surface area (Å²) < 4.78 is 22.3. The molecule has 0 amide bonds. The van der Waals surface area contributed by atoms with E-state index in [0.717, 1.165) is 0 Å². The maximum atomic E-state index is 5.57. The van der Waals surface area contributed by atoms with Crippen molar-refractivity contribution in [2.24, 2.45) is 0 Å². The molecule has 0 N–H and O–H groups in total. The van der Waals surface area contributed by atoms with Crippen LogP contribution in [0.2, 0.25) is 0 Å². The van der Waals surface area contributed by atoms with E-state index in [1.165, 1.54) is 0 Å². The first-order valence-electron chi connectivity index (χ1n) is 5.24. The van der Waals surface area contributed by atoms with E-state index in [4.69, 9.17) is 12.3 Å². The average Bonchev–Trinajstić information content (AvgIpc) is 2.37. The normalized spacial score (nSPS) is 10.8. The standard InChI is InChI=1S/4C3H5O.Sn/c4*1-2-3-4;/h4*2H,1,3H2;/q4*-1;+4. The van der Waals surface area contributed by atoms with Crippen LogP contribution >= 0.6 is 0 Å². The molecule has 0 unspecified atom stereocenters. The summed E-state index contributed by atoms with van der Waals surface area (Å²) in [6.07, 6.45) is 6.49. The van der Waals surface area contributed by atoms with E-state index < -0.39 is 20.0 Å². The van der Waals surface area contributed by atoms with Crippen molar-refractivity contribution in [2.75, 3.05) is 26.4 Å². The second-order valence-corrected chi connectivity index (χ2v) is 9.05. The molecular formula is C12H20O4Sn. The van der Waals surface area contributed by atoms with Gasteiger partial charge in [-0.15, -0.1) is 0 Å². The fourth-order valence-electron chi connectivity index (χ4n) is 0.894. The minimum absolute atomic E-state index is 0.321. The van der Waals surface area contributed by atoms with Gasteiger partial charge in [-0.1, -0.05) is 0 Å². The first-order chi connectivity index (χ1) is 8.24. The Morgan fingerprint density at radius 1 is 0.588 bits per heavy atom. The zero-order valence-electron chi connectivity index (χ0n) is 10.1. The van der Waals surface area contributed by atoms with Crippen LogP contribution in [0.25, 0.3) is 0 Å². The molecule has 0 fully saturated rings. The summed E-state index contributed by atoms with van der Waals surface area (Å²) in [4.78, 5) is 0. The minimum atomic E-state index is -3.98. The van der Waals surface area contributed by atoms with Gasteiger partial charge in [0.1, 0.15) is 0 Å². The molecule has 0 aromatic carbocycles. The first kappa shape index (κ1) is 16.6. The predicted octanol–water partition coefficient (Wildman–Crippen LogP) is 2.23. The van der Waals surface area contributed by atoms with Crippen LogP contribution in [0.15, 0.2) is 50.6 Å². The summed E-state index contributed by atoms with van der Waals surface area (Å²) in [6, 6.07) is 0. The van der Waals surface area contributed by atoms with Crippen LogP contribution < -0.4 is 0 Å². The predicted molar refractivity (Wildman–Crippen MR) is 70.4 cm³/mol. The molecule has 0 aromatic rings. The van der Waals surface area contributed by atoms with Gasteiger partial charge in [0, 0.05) is 0 Å². The Morgan fingerprint density at radius 2 is 0.824 bits per heavy atom. The Hall–Kier alpha value is -0.401. The van der Waals surface area contributed by atoms with Gasteiger partial charge in [0.15, 0.2) is 0 Å². The summed E-state index contributed by atoms with van der Waals surface area (Å²) in [6.45, 7) is 15.6. The van der Waals surface area contributed by atoms with E-state index in [9.17, 15) is 0 Å². The molecular weight excluding hydrogens is 327 g/mol. The van der Waals surface area contributed by atoms with Gasteiger partial charge in [0.2, 0.25) is 0 Å². The van der Waals surface area contributed by atoms with Crippen molar-refractivity contribution in [3.63, 3.8) is 0 Å². The van der Waals surface area contributed by atoms with Crippen molar-refractivity contribution >= 4 is 20.0 Å². The molecule has 0 saturated heterocycles. The van der Waals surface area contributed by atoms with Gasteiger partial charge < -0.3 is 0 Å². The van der Waals surface area contributed by atoms with E-state index in [0.29, 0.717) is 26.4 Å². The molecule has 0 aliphatic carbocycles. The quantitative estimate of drug-likeness (QED) is 0.401. The van der Waals surface area contributed by atoms with Crippen molar-refractivity contribution in [1.29, 1.82) is 0 Å². The third kappa shape index (κ3) is 7.51.